The van der Waals surface area contributed by atoms with Crippen LogP contribution in [0.15, 0.2) is 72.2 Å². The van der Waals surface area contributed by atoms with Crippen LogP contribution in [0.2, 0.25) is 0 Å². The van der Waals surface area contributed by atoms with Crippen molar-refractivity contribution in [3.63, 3.8) is 0 Å². The van der Waals surface area contributed by atoms with Gasteiger partial charge in [-0.15, -0.1) is 21.5 Å². The van der Waals surface area contributed by atoms with Crippen LogP contribution in [-0.2, 0) is 13.1 Å². The average Bonchev–Trinajstić information content (AvgIpc) is 3.88. The fourth-order valence-electron chi connectivity index (χ4n) is 6.66. The van der Waals surface area contributed by atoms with Gasteiger partial charge < -0.3 is 31.1 Å². The first-order valence-electron chi connectivity index (χ1n) is 17.2. The summed E-state index contributed by atoms with van der Waals surface area (Å²) in [6, 6.07) is 21.2. The highest BCUT2D eigenvalue weighted by atomic mass is 32.1. The van der Waals surface area contributed by atoms with E-state index < -0.39 is 0 Å². The molecule has 7 rings (SSSR count). The van der Waals surface area contributed by atoms with Crippen molar-refractivity contribution in [1.29, 1.82) is 0 Å². The van der Waals surface area contributed by atoms with Gasteiger partial charge >= 0.3 is 0 Å². The third kappa shape index (κ3) is 7.52. The van der Waals surface area contributed by atoms with Gasteiger partial charge in [0.25, 0.3) is 0 Å². The van der Waals surface area contributed by atoms with E-state index >= 15 is 4.39 Å². The summed E-state index contributed by atoms with van der Waals surface area (Å²) in [6.07, 6.45) is 3.09. The molecule has 50 heavy (non-hydrogen) atoms. The van der Waals surface area contributed by atoms with Crippen LogP contribution >= 0.6 is 11.3 Å². The van der Waals surface area contributed by atoms with Crippen LogP contribution in [0.25, 0.3) is 21.7 Å². The zero-order valence-corrected chi connectivity index (χ0v) is 29.1. The molecule has 0 unspecified atom stereocenters. The summed E-state index contributed by atoms with van der Waals surface area (Å²) in [4.78, 5) is 12.6. The van der Waals surface area contributed by atoms with Gasteiger partial charge in [0.15, 0.2) is 17.4 Å². The van der Waals surface area contributed by atoms with Crippen molar-refractivity contribution in [3.8, 4) is 33.2 Å². The Kier molecular flexibility index (Phi) is 10.1. The number of hydrogen-bond acceptors (Lipinski definition) is 11. The molecule has 3 aromatic carbocycles. The van der Waals surface area contributed by atoms with Crippen molar-refractivity contribution in [1.82, 2.24) is 20.1 Å². The van der Waals surface area contributed by atoms with E-state index in [0.717, 1.165) is 74.5 Å². The van der Waals surface area contributed by atoms with Crippen LogP contribution in [0.4, 0.5) is 21.6 Å². The predicted octanol–water partition coefficient (Wildman–Crippen LogP) is 6.22. The summed E-state index contributed by atoms with van der Waals surface area (Å²) in [5, 5.41) is 18.6. The fourth-order valence-corrected chi connectivity index (χ4v) is 7.46. The molecule has 3 heterocycles. The van der Waals surface area contributed by atoms with E-state index in [-0.39, 0.29) is 17.3 Å². The summed E-state index contributed by atoms with van der Waals surface area (Å²) in [7, 11) is 0. The molecule has 0 amide bonds. The number of phenols is 1. The number of benzene rings is 3. The predicted molar refractivity (Wildman–Crippen MR) is 198 cm³/mol. The average molecular weight is 695 g/mol. The second-order valence-corrected chi connectivity index (χ2v) is 13.8. The number of hydrogen-bond donors (Lipinski definition) is 3. The number of ether oxygens (including phenoxy) is 1. The highest BCUT2D eigenvalue weighted by molar-refractivity contribution is 7.13. The minimum Gasteiger partial charge on any atom is -0.507 e. The zero-order valence-electron chi connectivity index (χ0n) is 28.3. The maximum atomic E-state index is 15.2. The number of piperazine rings is 1. The summed E-state index contributed by atoms with van der Waals surface area (Å²) < 4.78 is 21.2. The molecule has 1 aliphatic heterocycles. The molecule has 0 radical (unpaired) electrons. The van der Waals surface area contributed by atoms with Crippen molar-refractivity contribution >= 4 is 28.5 Å². The minimum atomic E-state index is -0.342. The Hall–Kier alpha value is -4.78. The molecule has 0 spiro atoms. The smallest absolute Gasteiger partial charge is 0.169 e. The van der Waals surface area contributed by atoms with Crippen molar-refractivity contribution in [3.05, 3.63) is 94.9 Å². The molecule has 2 fully saturated rings. The number of thiazole rings is 1. The number of rotatable bonds is 13. The first-order valence-corrected chi connectivity index (χ1v) is 18.1. The van der Waals surface area contributed by atoms with E-state index in [4.69, 9.17) is 16.2 Å². The van der Waals surface area contributed by atoms with Gasteiger partial charge in [0.1, 0.15) is 5.75 Å². The Labute approximate surface area is 296 Å². The van der Waals surface area contributed by atoms with Crippen molar-refractivity contribution < 1.29 is 14.2 Å². The van der Waals surface area contributed by atoms with E-state index in [9.17, 15) is 5.11 Å². The second kappa shape index (κ2) is 15.0. The van der Waals surface area contributed by atoms with E-state index in [1.807, 2.05) is 30.6 Å². The first-order chi connectivity index (χ1) is 24.4. The fraction of sp³-hybridized carbons (Fsp3) is 0.342. The number of nitrogen functional groups attached to an aromatic ring is 1. The first kappa shape index (κ1) is 33.7. The largest absolute Gasteiger partial charge is 0.507 e. The van der Waals surface area contributed by atoms with E-state index in [1.165, 1.54) is 16.1 Å². The number of halogens is 1. The standard InChI is InChI=1S/C38H43FN8O2S/c1-25-37(50-24-42-25)27-8-9-28(22-40)33(20-27)47(29-10-11-29)13-4-18-49-36-12-7-26(19-31(36)39)23-45-14-16-46(17-15-45)34-21-32(43-44-38(34)41)30-5-2-3-6-35(30)48/h2-3,5-9,12,19-21,24,29,48H,4,10-11,13-18,22-23,40H2,1H3,(H2,41,44). The van der Waals surface area contributed by atoms with Gasteiger partial charge in [-0.3, -0.25) is 4.90 Å². The van der Waals surface area contributed by atoms with Gasteiger partial charge in [0, 0.05) is 63.1 Å². The lowest BCUT2D eigenvalue weighted by Gasteiger charge is -2.36. The molecule has 1 saturated carbocycles. The van der Waals surface area contributed by atoms with E-state index in [1.54, 1.807) is 41.7 Å². The summed E-state index contributed by atoms with van der Waals surface area (Å²) in [5.74, 6) is 0.438. The maximum absolute atomic E-state index is 15.2. The van der Waals surface area contributed by atoms with Crippen LogP contribution in [0.5, 0.6) is 11.5 Å². The quantitative estimate of drug-likeness (QED) is 0.122. The summed E-state index contributed by atoms with van der Waals surface area (Å²) >= 11 is 1.66. The molecule has 10 nitrogen and oxygen atoms in total. The SMILES string of the molecule is Cc1ncsc1-c1ccc(CN)c(N(CCCOc2ccc(CN3CCN(c4cc(-c5ccccc5O)nnc4N)CC3)cc2F)C2CC2)c1. The zero-order chi connectivity index (χ0) is 34.6. The number of anilines is 3. The van der Waals surface area contributed by atoms with Crippen LogP contribution in [0.1, 0.15) is 36.1 Å². The Balaban J connectivity index is 0.919. The lowest BCUT2D eigenvalue weighted by atomic mass is 10.1. The lowest BCUT2D eigenvalue weighted by molar-refractivity contribution is 0.249. The number of aromatic hydroxyl groups is 1. The van der Waals surface area contributed by atoms with Crippen LogP contribution in [0.3, 0.4) is 0 Å². The van der Waals surface area contributed by atoms with Gasteiger partial charge in [-0.2, -0.15) is 0 Å². The maximum Gasteiger partial charge on any atom is 0.169 e. The third-order valence-corrected chi connectivity index (χ3v) is 10.5. The number of para-hydroxylation sites is 1. The molecule has 5 N–H and O–H groups in total. The van der Waals surface area contributed by atoms with Gasteiger partial charge in [-0.25, -0.2) is 9.37 Å². The molecule has 1 aliphatic carbocycles. The lowest BCUT2D eigenvalue weighted by Crippen LogP contribution is -2.46. The Morgan fingerprint density at radius 3 is 2.56 bits per heavy atom. The molecular weight excluding hydrogens is 652 g/mol. The van der Waals surface area contributed by atoms with Crippen LogP contribution in [-0.4, -0.2) is 70.6 Å². The van der Waals surface area contributed by atoms with E-state index in [0.29, 0.717) is 42.8 Å². The molecule has 1 saturated heterocycles. The van der Waals surface area contributed by atoms with E-state index in [2.05, 4.69) is 48.1 Å². The van der Waals surface area contributed by atoms with Gasteiger partial charge in [0.2, 0.25) is 0 Å². The van der Waals surface area contributed by atoms with Gasteiger partial charge in [0.05, 0.1) is 34.1 Å². The third-order valence-electron chi connectivity index (χ3n) is 9.51. The second-order valence-electron chi connectivity index (χ2n) is 13.0. The van der Waals surface area contributed by atoms with Crippen molar-refractivity contribution in [2.24, 2.45) is 5.73 Å². The molecular formula is C38H43FN8O2S. The molecule has 5 aromatic rings. The molecule has 2 aromatic heterocycles. The van der Waals surface area contributed by atoms with Crippen LogP contribution in [0, 0.1) is 12.7 Å². The Morgan fingerprint density at radius 2 is 1.84 bits per heavy atom. The highest BCUT2D eigenvalue weighted by Crippen LogP contribution is 2.38. The molecule has 0 bridgehead atoms. The Bertz CT molecular complexity index is 1940. The van der Waals surface area contributed by atoms with Gasteiger partial charge in [-0.05, 0) is 79.3 Å². The highest BCUT2D eigenvalue weighted by Gasteiger charge is 2.30. The monoisotopic (exact) mass is 694 g/mol. The normalized spacial score (nSPS) is 15.0. The van der Waals surface area contributed by atoms with Gasteiger partial charge in [-0.1, -0.05) is 30.3 Å². The topological polar surface area (TPSA) is 130 Å². The number of phenolic OH excluding ortho intramolecular Hbond substituents is 1. The molecule has 260 valence electrons. The summed E-state index contributed by atoms with van der Waals surface area (Å²) in [6.45, 7) is 7.42. The number of aryl methyl sites for hydroxylation is 1. The number of nitrogens with zero attached hydrogens (tertiary/aromatic N) is 6. The Morgan fingerprint density at radius 1 is 1.02 bits per heavy atom. The van der Waals surface area contributed by atoms with Crippen molar-refractivity contribution in [2.75, 3.05) is 54.9 Å². The molecule has 0 atom stereocenters. The molecule has 12 heteroatoms. The van der Waals surface area contributed by atoms with Crippen LogP contribution < -0.4 is 26.0 Å². The van der Waals surface area contributed by atoms with Crippen molar-refractivity contribution in [2.45, 2.75) is 45.3 Å². The summed E-state index contributed by atoms with van der Waals surface area (Å²) in [5.41, 5.74) is 21.7. The minimum absolute atomic E-state index is 0.146. The number of aromatic nitrogens is 3. The number of nitrogens with two attached hydrogens (primary N) is 2. The molecule has 2 aliphatic rings.